The second-order valence-corrected chi connectivity index (χ2v) is 6.15. The molecule has 0 radical (unpaired) electrons. The van der Waals surface area contributed by atoms with E-state index in [9.17, 15) is 0 Å². The lowest BCUT2D eigenvalue weighted by molar-refractivity contribution is -0.0812. The van der Waals surface area contributed by atoms with Crippen LogP contribution in [0.3, 0.4) is 0 Å². The van der Waals surface area contributed by atoms with E-state index in [0.717, 1.165) is 6.42 Å². The summed E-state index contributed by atoms with van der Waals surface area (Å²) in [5.41, 5.74) is 5.62. The van der Waals surface area contributed by atoms with Gasteiger partial charge < -0.3 is 15.6 Å². The highest BCUT2D eigenvalue weighted by Gasteiger charge is 2.20. The van der Waals surface area contributed by atoms with Crippen LogP contribution in [0.4, 0.5) is 0 Å². The lowest BCUT2D eigenvalue weighted by atomic mass is 9.99. The third kappa shape index (κ3) is 12.6. The van der Waals surface area contributed by atoms with Gasteiger partial charge in [-0.3, -0.25) is 0 Å². The smallest absolute Gasteiger partial charge is 0.108 e. The Morgan fingerprint density at radius 1 is 1.00 bits per heavy atom. The van der Waals surface area contributed by atoms with Crippen LogP contribution in [0.5, 0.6) is 0 Å². The Labute approximate surface area is 119 Å². The summed E-state index contributed by atoms with van der Waals surface area (Å²) in [6, 6.07) is 0. The van der Waals surface area contributed by atoms with Gasteiger partial charge in [0.15, 0.2) is 0 Å². The van der Waals surface area contributed by atoms with Crippen LogP contribution in [0.15, 0.2) is 0 Å². The summed E-state index contributed by atoms with van der Waals surface area (Å²) in [4.78, 5) is 0. The maximum Gasteiger partial charge on any atom is 0.108 e. The number of hydrogen-bond donors (Lipinski definition) is 2. The average molecular weight is 273 g/mol. The fraction of sp³-hybridized carbons (Fsp3) is 1.00. The lowest BCUT2D eigenvalue weighted by Crippen LogP contribution is -2.36. The number of aliphatic hydroxyl groups is 1. The van der Waals surface area contributed by atoms with Crippen LogP contribution in [-0.2, 0) is 4.74 Å². The molecule has 0 heterocycles. The number of unbranched alkanes of at least 4 members (excludes halogenated alkanes) is 7. The Morgan fingerprint density at radius 2 is 1.53 bits per heavy atom. The Bertz CT molecular complexity index is 195. The van der Waals surface area contributed by atoms with E-state index in [1.807, 2.05) is 0 Å². The van der Waals surface area contributed by atoms with E-state index in [4.69, 9.17) is 15.6 Å². The zero-order valence-electron chi connectivity index (χ0n) is 13.3. The molecular formula is C16H35NO2. The number of rotatable bonds is 13. The average Bonchev–Trinajstić information content (AvgIpc) is 2.32. The van der Waals surface area contributed by atoms with Crippen molar-refractivity contribution in [2.45, 2.75) is 96.8 Å². The van der Waals surface area contributed by atoms with E-state index in [2.05, 4.69) is 20.8 Å². The van der Waals surface area contributed by atoms with Crippen molar-refractivity contribution < 1.29 is 9.84 Å². The summed E-state index contributed by atoms with van der Waals surface area (Å²) in [7, 11) is 0. The molecule has 0 saturated carbocycles. The van der Waals surface area contributed by atoms with Crippen molar-refractivity contribution in [3.8, 4) is 0 Å². The van der Waals surface area contributed by atoms with Crippen LogP contribution in [0.25, 0.3) is 0 Å². The molecule has 19 heavy (non-hydrogen) atoms. The van der Waals surface area contributed by atoms with Crippen LogP contribution < -0.4 is 5.73 Å². The van der Waals surface area contributed by atoms with Gasteiger partial charge in [0, 0.05) is 13.0 Å². The highest BCUT2D eigenvalue weighted by atomic mass is 16.5. The molecule has 0 aromatic carbocycles. The summed E-state index contributed by atoms with van der Waals surface area (Å²) in [6.45, 7) is 6.52. The minimum Gasteiger partial charge on any atom is -0.396 e. The van der Waals surface area contributed by atoms with Crippen LogP contribution in [0.1, 0.15) is 85.0 Å². The van der Waals surface area contributed by atoms with Crippen molar-refractivity contribution in [1.82, 2.24) is 0 Å². The number of aliphatic hydroxyl groups excluding tert-OH is 1. The SMILES string of the molecule is CCCCCCCCCCC(C)(C)OC(N)CCO. The van der Waals surface area contributed by atoms with Gasteiger partial charge in [-0.05, 0) is 20.3 Å². The molecule has 3 nitrogen and oxygen atoms in total. The molecule has 0 bridgehead atoms. The Kier molecular flexibility index (Phi) is 11.6. The predicted molar refractivity (Wildman–Crippen MR) is 82.1 cm³/mol. The van der Waals surface area contributed by atoms with Gasteiger partial charge in [0.25, 0.3) is 0 Å². The predicted octanol–water partition coefficient (Wildman–Crippen LogP) is 3.98. The number of hydrogen-bond acceptors (Lipinski definition) is 3. The largest absolute Gasteiger partial charge is 0.396 e. The van der Waals surface area contributed by atoms with Crippen LogP contribution >= 0.6 is 0 Å². The number of nitrogens with two attached hydrogens (primary N) is 1. The molecule has 0 aromatic heterocycles. The van der Waals surface area contributed by atoms with Crippen LogP contribution in [0.2, 0.25) is 0 Å². The van der Waals surface area contributed by atoms with E-state index in [1.54, 1.807) is 0 Å². The molecule has 0 aliphatic rings. The van der Waals surface area contributed by atoms with Crippen molar-refractivity contribution in [2.24, 2.45) is 5.73 Å². The third-order valence-corrected chi connectivity index (χ3v) is 3.52. The van der Waals surface area contributed by atoms with Crippen LogP contribution in [0, 0.1) is 0 Å². The van der Waals surface area contributed by atoms with Crippen molar-refractivity contribution in [3.05, 3.63) is 0 Å². The Balaban J connectivity index is 3.47. The normalized spacial score (nSPS) is 13.7. The van der Waals surface area contributed by atoms with Gasteiger partial charge in [-0.25, -0.2) is 0 Å². The van der Waals surface area contributed by atoms with Gasteiger partial charge in [0.05, 0.1) is 5.60 Å². The molecule has 1 atom stereocenters. The summed E-state index contributed by atoms with van der Waals surface area (Å²) >= 11 is 0. The standard InChI is InChI=1S/C16H35NO2/c1-4-5-6-7-8-9-10-11-13-16(2,3)19-15(17)12-14-18/h15,18H,4-14,17H2,1-3H3. The minimum atomic E-state index is -0.339. The van der Waals surface area contributed by atoms with Crippen molar-refractivity contribution >= 4 is 0 Å². The van der Waals surface area contributed by atoms with Gasteiger partial charge in [0.1, 0.15) is 6.23 Å². The van der Waals surface area contributed by atoms with Gasteiger partial charge in [-0.15, -0.1) is 0 Å². The molecule has 0 rings (SSSR count). The fourth-order valence-electron chi connectivity index (χ4n) is 2.34. The van der Waals surface area contributed by atoms with Gasteiger partial charge in [-0.2, -0.15) is 0 Å². The zero-order chi connectivity index (χ0) is 14.6. The van der Waals surface area contributed by atoms with Crippen molar-refractivity contribution in [2.75, 3.05) is 6.61 Å². The molecule has 3 N–H and O–H groups in total. The lowest BCUT2D eigenvalue weighted by Gasteiger charge is -2.29. The Morgan fingerprint density at radius 3 is 2.05 bits per heavy atom. The molecule has 0 spiro atoms. The van der Waals surface area contributed by atoms with Crippen LogP contribution in [-0.4, -0.2) is 23.5 Å². The molecule has 0 saturated heterocycles. The molecular weight excluding hydrogens is 238 g/mol. The second kappa shape index (κ2) is 11.7. The van der Waals surface area contributed by atoms with Gasteiger partial charge in [0.2, 0.25) is 0 Å². The Hall–Kier alpha value is -0.120. The molecule has 116 valence electrons. The molecule has 0 aliphatic heterocycles. The first-order valence-electron chi connectivity index (χ1n) is 8.06. The highest BCUT2D eigenvalue weighted by molar-refractivity contribution is 4.70. The monoisotopic (exact) mass is 273 g/mol. The third-order valence-electron chi connectivity index (χ3n) is 3.52. The van der Waals surface area contributed by atoms with E-state index in [0.29, 0.717) is 6.42 Å². The van der Waals surface area contributed by atoms with E-state index in [1.165, 1.54) is 51.4 Å². The van der Waals surface area contributed by atoms with Crippen molar-refractivity contribution in [3.63, 3.8) is 0 Å². The first-order valence-corrected chi connectivity index (χ1v) is 8.06. The van der Waals surface area contributed by atoms with Crippen molar-refractivity contribution in [1.29, 1.82) is 0 Å². The highest BCUT2D eigenvalue weighted by Crippen LogP contribution is 2.21. The summed E-state index contributed by atoms with van der Waals surface area (Å²) in [5.74, 6) is 0. The molecule has 3 heteroatoms. The molecule has 0 aromatic rings. The zero-order valence-corrected chi connectivity index (χ0v) is 13.3. The first kappa shape index (κ1) is 18.9. The fourth-order valence-corrected chi connectivity index (χ4v) is 2.34. The molecule has 0 fully saturated rings. The van der Waals surface area contributed by atoms with E-state index in [-0.39, 0.29) is 18.4 Å². The summed E-state index contributed by atoms with van der Waals surface area (Å²) < 4.78 is 5.76. The molecule has 1 unspecified atom stereocenters. The van der Waals surface area contributed by atoms with E-state index < -0.39 is 0 Å². The quantitative estimate of drug-likeness (QED) is 0.394. The summed E-state index contributed by atoms with van der Waals surface area (Å²) in [6.07, 6.45) is 11.9. The topological polar surface area (TPSA) is 55.5 Å². The molecule has 0 aliphatic carbocycles. The maximum absolute atomic E-state index is 8.81. The summed E-state index contributed by atoms with van der Waals surface area (Å²) in [5, 5.41) is 8.81. The minimum absolute atomic E-state index is 0.0923. The second-order valence-electron chi connectivity index (χ2n) is 6.15. The van der Waals surface area contributed by atoms with E-state index >= 15 is 0 Å². The molecule has 0 amide bonds. The van der Waals surface area contributed by atoms with Gasteiger partial charge in [-0.1, -0.05) is 58.3 Å². The number of ether oxygens (including phenoxy) is 1. The maximum atomic E-state index is 8.81. The first-order chi connectivity index (χ1) is 9.02. The van der Waals surface area contributed by atoms with Gasteiger partial charge >= 0.3 is 0 Å².